The molecule has 1 heterocycles. The molecule has 0 radical (unpaired) electrons. The van der Waals surface area contributed by atoms with Crippen molar-refractivity contribution in [3.8, 4) is 5.75 Å². The summed E-state index contributed by atoms with van der Waals surface area (Å²) in [6.07, 6.45) is -2.79. The van der Waals surface area contributed by atoms with Crippen molar-refractivity contribution in [2.24, 2.45) is 11.7 Å². The van der Waals surface area contributed by atoms with Gasteiger partial charge < -0.3 is 35.3 Å². The number of ether oxygens (including phenoxy) is 3. The highest BCUT2D eigenvalue weighted by atomic mass is 35.5. The van der Waals surface area contributed by atoms with Gasteiger partial charge in [-0.15, -0.1) is 0 Å². The minimum absolute atomic E-state index is 0.227. The molecule has 2 aromatic carbocycles. The Morgan fingerprint density at radius 2 is 1.78 bits per heavy atom. The van der Waals surface area contributed by atoms with Gasteiger partial charge in [-0.05, 0) is 41.3 Å². The van der Waals surface area contributed by atoms with Gasteiger partial charge in [-0.25, -0.2) is 0 Å². The van der Waals surface area contributed by atoms with Crippen LogP contribution in [0.2, 0.25) is 5.02 Å². The van der Waals surface area contributed by atoms with Crippen molar-refractivity contribution in [3.05, 3.63) is 64.2 Å². The first-order valence-corrected chi connectivity index (χ1v) is 11.2. The van der Waals surface area contributed by atoms with E-state index in [9.17, 15) is 15.3 Å². The Morgan fingerprint density at radius 3 is 2.47 bits per heavy atom. The molecule has 0 aromatic heterocycles. The molecular weight excluding hydrogens is 434 g/mol. The van der Waals surface area contributed by atoms with Crippen LogP contribution in [0, 0.1) is 5.92 Å². The molecule has 1 aliphatic heterocycles. The minimum atomic E-state index is -1.09. The molecule has 0 saturated carbocycles. The first kappa shape index (κ1) is 24.9. The summed E-state index contributed by atoms with van der Waals surface area (Å²) in [6.45, 7) is 3.47. The van der Waals surface area contributed by atoms with E-state index >= 15 is 0 Å². The molecule has 0 unspecified atom stereocenters. The van der Waals surface area contributed by atoms with Crippen LogP contribution in [-0.2, 0) is 15.9 Å². The highest BCUT2D eigenvalue weighted by Gasteiger charge is 2.42. The molecule has 8 heteroatoms. The van der Waals surface area contributed by atoms with E-state index in [4.69, 9.17) is 31.5 Å². The molecule has 3 rings (SSSR count). The molecule has 1 saturated heterocycles. The maximum absolute atomic E-state index is 10.6. The van der Waals surface area contributed by atoms with Crippen molar-refractivity contribution in [2.75, 3.05) is 33.0 Å². The highest BCUT2D eigenvalue weighted by molar-refractivity contribution is 6.31. The van der Waals surface area contributed by atoms with Crippen molar-refractivity contribution in [1.82, 2.24) is 0 Å². The summed E-state index contributed by atoms with van der Waals surface area (Å²) in [5, 5.41) is 31.1. The van der Waals surface area contributed by atoms with Crippen molar-refractivity contribution >= 4 is 11.6 Å². The SMILES string of the molecule is C[C@H]1[C@H](O)[C@@H](O)[C@H](c2ccc(Cl)c(Cc3ccc(OCCOCCN)cc3)c2)O[C@@H]1CO. The van der Waals surface area contributed by atoms with Crippen LogP contribution in [0.5, 0.6) is 5.75 Å². The minimum Gasteiger partial charge on any atom is -0.491 e. The predicted octanol–water partition coefficient (Wildman–Crippen LogP) is 2.08. The van der Waals surface area contributed by atoms with E-state index in [2.05, 4.69) is 0 Å². The molecule has 0 spiro atoms. The van der Waals surface area contributed by atoms with Crippen LogP contribution in [0.15, 0.2) is 42.5 Å². The quantitative estimate of drug-likeness (QED) is 0.397. The fourth-order valence-corrected chi connectivity index (χ4v) is 4.01. The third-order valence-corrected chi connectivity index (χ3v) is 6.13. The van der Waals surface area contributed by atoms with Gasteiger partial charge in [-0.1, -0.05) is 42.8 Å². The first-order valence-electron chi connectivity index (χ1n) is 10.8. The number of nitrogens with two attached hydrogens (primary N) is 1. The summed E-state index contributed by atoms with van der Waals surface area (Å²) in [5.41, 5.74) is 8.00. The standard InChI is InChI=1S/C24H32ClNO6/c1-15-21(14-27)32-24(23(29)22(15)28)17-4-7-20(25)18(13-17)12-16-2-5-19(6-3-16)31-11-10-30-9-8-26/h2-7,13,15,21-24,27-29H,8-12,14,26H2,1H3/t15-,21-,22+,23-,24+/m1/s1. The summed E-state index contributed by atoms with van der Waals surface area (Å²) in [5.74, 6) is 0.382. The first-order chi connectivity index (χ1) is 15.4. The van der Waals surface area contributed by atoms with Crippen molar-refractivity contribution in [1.29, 1.82) is 0 Å². The summed E-state index contributed by atoms with van der Waals surface area (Å²) in [6, 6.07) is 13.2. The zero-order valence-electron chi connectivity index (χ0n) is 18.2. The summed E-state index contributed by atoms with van der Waals surface area (Å²) >= 11 is 6.43. The molecule has 0 amide bonds. The van der Waals surface area contributed by atoms with E-state index in [1.54, 1.807) is 19.1 Å². The lowest BCUT2D eigenvalue weighted by atomic mass is 9.85. The van der Waals surface area contributed by atoms with Crippen molar-refractivity contribution in [2.45, 2.75) is 37.8 Å². The van der Waals surface area contributed by atoms with Gasteiger partial charge in [0.2, 0.25) is 0 Å². The Morgan fingerprint density at radius 1 is 1.03 bits per heavy atom. The number of rotatable bonds is 10. The van der Waals surface area contributed by atoms with Gasteiger partial charge in [0.05, 0.1) is 32.0 Å². The molecule has 0 aliphatic carbocycles. The second kappa shape index (κ2) is 12.0. The normalized spacial score (nSPS) is 25.6. The average Bonchev–Trinajstić information content (AvgIpc) is 2.80. The maximum atomic E-state index is 10.6. The average molecular weight is 466 g/mol. The van der Waals surface area contributed by atoms with E-state index < -0.39 is 24.4 Å². The second-order valence-electron chi connectivity index (χ2n) is 8.04. The zero-order chi connectivity index (χ0) is 23.1. The van der Waals surface area contributed by atoms with E-state index in [-0.39, 0.29) is 12.5 Å². The summed E-state index contributed by atoms with van der Waals surface area (Å²) in [4.78, 5) is 0. The van der Waals surface area contributed by atoms with Crippen LogP contribution >= 0.6 is 11.6 Å². The van der Waals surface area contributed by atoms with Gasteiger partial charge in [-0.3, -0.25) is 0 Å². The fourth-order valence-electron chi connectivity index (χ4n) is 3.82. The van der Waals surface area contributed by atoms with E-state index in [1.807, 2.05) is 30.3 Å². The Balaban J connectivity index is 1.67. The van der Waals surface area contributed by atoms with Gasteiger partial charge in [0.15, 0.2) is 0 Å². The number of benzene rings is 2. The summed E-state index contributed by atoms with van der Waals surface area (Å²) in [7, 11) is 0. The van der Waals surface area contributed by atoms with Crippen LogP contribution in [0.25, 0.3) is 0 Å². The topological polar surface area (TPSA) is 114 Å². The van der Waals surface area contributed by atoms with Crippen LogP contribution in [0.3, 0.4) is 0 Å². The molecule has 7 nitrogen and oxygen atoms in total. The smallest absolute Gasteiger partial charge is 0.119 e. The third-order valence-electron chi connectivity index (χ3n) is 5.76. The van der Waals surface area contributed by atoms with Crippen LogP contribution in [0.4, 0.5) is 0 Å². The maximum Gasteiger partial charge on any atom is 0.119 e. The molecule has 5 N–H and O–H groups in total. The van der Waals surface area contributed by atoms with Gasteiger partial charge in [-0.2, -0.15) is 0 Å². The monoisotopic (exact) mass is 465 g/mol. The molecule has 1 fully saturated rings. The Hall–Kier alpha value is -1.71. The van der Waals surface area contributed by atoms with Crippen LogP contribution in [0.1, 0.15) is 29.7 Å². The van der Waals surface area contributed by atoms with E-state index in [0.29, 0.717) is 43.4 Å². The molecule has 1 aliphatic rings. The molecule has 32 heavy (non-hydrogen) atoms. The summed E-state index contributed by atoms with van der Waals surface area (Å²) < 4.78 is 16.8. The fraction of sp³-hybridized carbons (Fsp3) is 0.500. The number of aliphatic hydroxyl groups excluding tert-OH is 3. The van der Waals surface area contributed by atoms with Gasteiger partial charge in [0.1, 0.15) is 24.6 Å². The molecule has 0 bridgehead atoms. The lowest BCUT2D eigenvalue weighted by Crippen LogP contribution is -2.50. The second-order valence-corrected chi connectivity index (χ2v) is 8.45. The van der Waals surface area contributed by atoms with Crippen molar-refractivity contribution < 1.29 is 29.5 Å². The molecular formula is C24H32ClNO6. The van der Waals surface area contributed by atoms with Gasteiger partial charge in [0, 0.05) is 17.5 Å². The number of hydrogen-bond acceptors (Lipinski definition) is 7. The Bertz CT molecular complexity index is 847. The van der Waals surface area contributed by atoms with Gasteiger partial charge >= 0.3 is 0 Å². The number of halogens is 1. The lowest BCUT2D eigenvalue weighted by molar-refractivity contribution is -0.207. The number of hydrogen-bond donors (Lipinski definition) is 4. The van der Waals surface area contributed by atoms with Gasteiger partial charge in [0.25, 0.3) is 0 Å². The molecule has 2 aromatic rings. The zero-order valence-corrected chi connectivity index (χ0v) is 18.9. The van der Waals surface area contributed by atoms with Crippen LogP contribution < -0.4 is 10.5 Å². The predicted molar refractivity (Wildman–Crippen MR) is 122 cm³/mol. The van der Waals surface area contributed by atoms with Crippen LogP contribution in [-0.4, -0.2) is 66.6 Å². The largest absolute Gasteiger partial charge is 0.491 e. The number of aliphatic hydroxyl groups is 3. The Labute approximate surface area is 193 Å². The van der Waals surface area contributed by atoms with E-state index in [0.717, 1.165) is 16.9 Å². The highest BCUT2D eigenvalue weighted by Crippen LogP contribution is 2.36. The molecule has 176 valence electrons. The lowest BCUT2D eigenvalue weighted by Gasteiger charge is -2.41. The Kier molecular flexibility index (Phi) is 9.31. The third kappa shape index (κ3) is 6.20. The van der Waals surface area contributed by atoms with Crippen molar-refractivity contribution in [3.63, 3.8) is 0 Å². The molecule has 5 atom stereocenters. The van der Waals surface area contributed by atoms with E-state index in [1.165, 1.54) is 0 Å².